The monoisotopic (exact) mass is 1110 g/mol. The molecule has 1 aromatic heterocycles. The van der Waals surface area contributed by atoms with E-state index in [1.54, 1.807) is 0 Å². The molecule has 13 aromatic carbocycles. The van der Waals surface area contributed by atoms with Crippen LogP contribution in [0.4, 0.5) is 34.1 Å². The van der Waals surface area contributed by atoms with Gasteiger partial charge in [-0.15, -0.1) is 0 Å². The van der Waals surface area contributed by atoms with Gasteiger partial charge >= 0.3 is 0 Å². The van der Waals surface area contributed by atoms with Gasteiger partial charge in [0.2, 0.25) is 0 Å². The van der Waals surface area contributed by atoms with Gasteiger partial charge in [0, 0.05) is 44.8 Å². The van der Waals surface area contributed by atoms with Crippen molar-refractivity contribution in [1.29, 1.82) is 0 Å². The minimum Gasteiger partial charge on any atom is -0.311 e. The predicted octanol–water partition coefficient (Wildman–Crippen LogP) is 20.7. The molecular formula is C82H68BN3. The minimum absolute atomic E-state index is 0.0294. The maximum atomic E-state index is 2.66. The lowest BCUT2D eigenvalue weighted by molar-refractivity contribution is 0.590. The van der Waals surface area contributed by atoms with Gasteiger partial charge in [-0.25, -0.2) is 0 Å². The summed E-state index contributed by atoms with van der Waals surface area (Å²) < 4.78 is 2.53. The Bertz CT molecular complexity index is 4950. The molecule has 0 radical (unpaired) electrons. The second-order valence-corrected chi connectivity index (χ2v) is 27.4. The van der Waals surface area contributed by atoms with Gasteiger partial charge in [-0.05, 0) is 182 Å². The molecule has 14 aromatic rings. The van der Waals surface area contributed by atoms with Crippen molar-refractivity contribution in [3.8, 4) is 39.1 Å². The van der Waals surface area contributed by atoms with Crippen molar-refractivity contribution < 1.29 is 0 Å². The van der Waals surface area contributed by atoms with Crippen LogP contribution >= 0.6 is 0 Å². The number of rotatable bonds is 6. The minimum atomic E-state index is -0.116. The van der Waals surface area contributed by atoms with E-state index in [-0.39, 0.29) is 23.0 Å². The van der Waals surface area contributed by atoms with Crippen LogP contribution < -0.4 is 26.2 Å². The maximum absolute atomic E-state index is 2.66. The summed E-state index contributed by atoms with van der Waals surface area (Å²) in [5.74, 6) is 0. The molecule has 16 rings (SSSR count). The molecule has 414 valence electrons. The second kappa shape index (κ2) is 18.9. The fourth-order valence-electron chi connectivity index (χ4n) is 14.5. The van der Waals surface area contributed by atoms with E-state index in [4.69, 9.17) is 0 Å². The zero-order valence-electron chi connectivity index (χ0n) is 50.6. The molecule has 2 aliphatic heterocycles. The number of hydrogen-bond donors (Lipinski definition) is 0. The van der Waals surface area contributed by atoms with E-state index in [0.717, 1.165) is 17.1 Å². The summed E-state index contributed by atoms with van der Waals surface area (Å²) in [6, 6.07) is 95.3. The van der Waals surface area contributed by atoms with E-state index in [9.17, 15) is 0 Å². The number of benzene rings is 13. The molecule has 0 saturated heterocycles. The van der Waals surface area contributed by atoms with Gasteiger partial charge in [0.25, 0.3) is 6.71 Å². The normalized spacial score (nSPS) is 13.3. The molecule has 0 unspecified atom stereocenters. The van der Waals surface area contributed by atoms with E-state index in [0.29, 0.717) is 0 Å². The smallest absolute Gasteiger partial charge is 0.252 e. The van der Waals surface area contributed by atoms with Crippen molar-refractivity contribution in [2.45, 2.75) is 78.6 Å². The fourth-order valence-corrected chi connectivity index (χ4v) is 14.5. The Morgan fingerprint density at radius 3 is 1.44 bits per heavy atom. The summed E-state index contributed by atoms with van der Waals surface area (Å²) in [4.78, 5) is 5.28. The van der Waals surface area contributed by atoms with Gasteiger partial charge in [0.05, 0.1) is 22.4 Å². The fraction of sp³-hybridized carbons (Fsp3) is 0.146. The summed E-state index contributed by atoms with van der Waals surface area (Å²) in [5.41, 5.74) is 25.2. The highest BCUT2D eigenvalue weighted by Gasteiger charge is 2.45. The molecule has 4 heteroatoms. The lowest BCUT2D eigenvalue weighted by atomic mass is 9.33. The van der Waals surface area contributed by atoms with E-state index in [1.165, 1.54) is 143 Å². The summed E-state index contributed by atoms with van der Waals surface area (Å²) in [6.45, 7) is 20.9. The SMILES string of the molecule is CC(C)(C)c1ccc(N2c3cc(-c4ccccc4-c4ccccc4)ccc3B3c4cc(C(C)(C)C)ccc4N(c4ccc(C(C)(C)C)cc4-c4cc5ccc6cccc7ccc(c4)c5c67)c4cc(-n5c6ccccc6c6ccccc65)cc2c43)cc1. The van der Waals surface area contributed by atoms with Crippen LogP contribution in [0, 0.1) is 0 Å². The first-order chi connectivity index (χ1) is 41.5. The highest BCUT2D eigenvalue weighted by atomic mass is 15.2. The molecule has 0 fully saturated rings. The Labute approximate surface area is 505 Å². The zero-order valence-corrected chi connectivity index (χ0v) is 50.6. The van der Waals surface area contributed by atoms with Gasteiger partial charge in [0.1, 0.15) is 0 Å². The summed E-state index contributed by atoms with van der Waals surface area (Å²) in [6.07, 6.45) is 0. The molecule has 0 atom stereocenters. The average Bonchev–Trinajstić information content (AvgIpc) is 0.774. The van der Waals surface area contributed by atoms with E-state index >= 15 is 0 Å². The Morgan fingerprint density at radius 2 is 0.814 bits per heavy atom. The molecule has 3 heterocycles. The van der Waals surface area contributed by atoms with Gasteiger partial charge in [-0.1, -0.05) is 238 Å². The lowest BCUT2D eigenvalue weighted by Gasteiger charge is -2.45. The molecule has 0 bridgehead atoms. The van der Waals surface area contributed by atoms with Gasteiger partial charge in [0.15, 0.2) is 0 Å². The summed E-state index contributed by atoms with van der Waals surface area (Å²) >= 11 is 0. The van der Waals surface area contributed by atoms with Crippen molar-refractivity contribution in [1.82, 2.24) is 4.57 Å². The van der Waals surface area contributed by atoms with Crippen LogP contribution in [0.1, 0.15) is 79.0 Å². The number of fused-ring (bicyclic) bond motifs is 7. The van der Waals surface area contributed by atoms with Crippen LogP contribution in [0.3, 0.4) is 0 Å². The van der Waals surface area contributed by atoms with Gasteiger partial charge < -0.3 is 14.4 Å². The van der Waals surface area contributed by atoms with Gasteiger partial charge in [-0.2, -0.15) is 0 Å². The largest absolute Gasteiger partial charge is 0.311 e. The molecule has 86 heavy (non-hydrogen) atoms. The molecule has 2 aliphatic rings. The zero-order chi connectivity index (χ0) is 58.5. The number of hydrogen-bond acceptors (Lipinski definition) is 2. The third-order valence-corrected chi connectivity index (χ3v) is 18.9. The van der Waals surface area contributed by atoms with Crippen LogP contribution in [0.5, 0.6) is 0 Å². The Balaban J connectivity index is 1.04. The molecule has 0 saturated carbocycles. The highest BCUT2D eigenvalue weighted by molar-refractivity contribution is 7.00. The molecule has 0 spiro atoms. The summed E-state index contributed by atoms with van der Waals surface area (Å²) in [5, 5.41) is 10.2. The molecular weight excluding hydrogens is 1040 g/mol. The van der Waals surface area contributed by atoms with Crippen molar-refractivity contribution in [3.63, 3.8) is 0 Å². The van der Waals surface area contributed by atoms with Crippen molar-refractivity contribution in [3.05, 3.63) is 265 Å². The Hall–Kier alpha value is -9.64. The van der Waals surface area contributed by atoms with E-state index in [1.807, 2.05) is 0 Å². The highest BCUT2D eigenvalue weighted by Crippen LogP contribution is 2.51. The molecule has 0 N–H and O–H groups in total. The molecule has 3 nitrogen and oxygen atoms in total. The second-order valence-electron chi connectivity index (χ2n) is 27.4. The van der Waals surface area contributed by atoms with Gasteiger partial charge in [-0.3, -0.25) is 0 Å². The van der Waals surface area contributed by atoms with Crippen LogP contribution in [0.15, 0.2) is 249 Å². The lowest BCUT2D eigenvalue weighted by Crippen LogP contribution is -2.61. The predicted molar refractivity (Wildman–Crippen MR) is 371 cm³/mol. The van der Waals surface area contributed by atoms with Crippen LogP contribution in [-0.2, 0) is 16.2 Å². The van der Waals surface area contributed by atoms with Crippen molar-refractivity contribution >= 4 is 111 Å². The van der Waals surface area contributed by atoms with Crippen molar-refractivity contribution in [2.75, 3.05) is 9.80 Å². The quantitative estimate of drug-likeness (QED) is 0.121. The van der Waals surface area contributed by atoms with E-state index in [2.05, 4.69) is 325 Å². The third kappa shape index (κ3) is 8.09. The standard InChI is InChI=1S/C82H68BN3/c1-80(2,3)58-35-39-61(40-36-58)84-74-46-54(64-25-14-13-24-63(64)51-20-11-10-12-21-51)34-41-68(74)83-69-48-60(82(7,8)9)38-43-73(69)86(76-50-62(49-75(84)79(76)83)85-70-28-17-15-26-65(70)66-27-16-18-29-71(66)85)72-42-37-59(81(4,5)6)47-67(72)57-44-55-32-30-52-22-19-23-53-31-33-56(45-57)78(55)77(52)53/h10-50H,1-9H3. The topological polar surface area (TPSA) is 11.4 Å². The number of aromatic nitrogens is 1. The first kappa shape index (κ1) is 52.0. The van der Waals surface area contributed by atoms with Crippen LogP contribution in [0.25, 0.3) is 93.2 Å². The molecule has 0 amide bonds. The number of anilines is 6. The van der Waals surface area contributed by atoms with Crippen molar-refractivity contribution in [2.24, 2.45) is 0 Å². The number of para-hydroxylation sites is 2. The van der Waals surface area contributed by atoms with Crippen LogP contribution in [0.2, 0.25) is 0 Å². The number of nitrogens with zero attached hydrogens (tertiary/aromatic N) is 3. The first-order valence-electron chi connectivity index (χ1n) is 30.7. The molecule has 0 aliphatic carbocycles. The van der Waals surface area contributed by atoms with Crippen LogP contribution in [-0.4, -0.2) is 11.3 Å². The summed E-state index contributed by atoms with van der Waals surface area (Å²) in [7, 11) is 0. The third-order valence-electron chi connectivity index (χ3n) is 18.9. The van der Waals surface area contributed by atoms with E-state index < -0.39 is 0 Å². The Kier molecular flexibility index (Phi) is 11.4. The maximum Gasteiger partial charge on any atom is 0.252 e. The average molecular weight is 1110 g/mol. The first-order valence-corrected chi connectivity index (χ1v) is 30.7. The Morgan fingerprint density at radius 1 is 0.291 bits per heavy atom.